The summed E-state index contributed by atoms with van der Waals surface area (Å²) in [5, 5.41) is 7.70. The van der Waals surface area contributed by atoms with Gasteiger partial charge in [-0.2, -0.15) is 5.10 Å². The van der Waals surface area contributed by atoms with E-state index < -0.39 is 0 Å². The summed E-state index contributed by atoms with van der Waals surface area (Å²) in [5.41, 5.74) is 3.13. The largest absolute Gasteiger partial charge is 0.372 e. The van der Waals surface area contributed by atoms with E-state index in [0.29, 0.717) is 5.92 Å². The van der Waals surface area contributed by atoms with E-state index in [2.05, 4.69) is 32.5 Å². The number of nitrogens with one attached hydrogen (secondary N) is 1. The third kappa shape index (κ3) is 3.39. The Kier molecular flexibility index (Phi) is 4.43. The second-order valence-corrected chi connectivity index (χ2v) is 6.26. The van der Waals surface area contributed by atoms with Crippen LogP contribution in [0.2, 0.25) is 0 Å². The Bertz CT molecular complexity index is 833. The van der Waals surface area contributed by atoms with Gasteiger partial charge in [0.15, 0.2) is 0 Å². The van der Waals surface area contributed by atoms with Gasteiger partial charge in [-0.1, -0.05) is 30.3 Å². The van der Waals surface area contributed by atoms with E-state index in [1.165, 1.54) is 0 Å². The van der Waals surface area contributed by atoms with Crippen LogP contribution in [-0.2, 0) is 11.8 Å². The SMILES string of the molecule is Cn1nccc1[C@@H]1OCC[C@H]1CNc1cc(-c2ccccc2)ncn1. The van der Waals surface area contributed by atoms with Crippen LogP contribution in [0.5, 0.6) is 0 Å². The van der Waals surface area contributed by atoms with Crippen molar-refractivity contribution in [3.63, 3.8) is 0 Å². The predicted octanol–water partition coefficient (Wildman–Crippen LogP) is 3.07. The van der Waals surface area contributed by atoms with Crippen molar-refractivity contribution in [2.75, 3.05) is 18.5 Å². The first kappa shape index (κ1) is 15.8. The Hall–Kier alpha value is -2.73. The highest BCUT2D eigenvalue weighted by Gasteiger charge is 2.31. The van der Waals surface area contributed by atoms with Crippen LogP contribution in [0.25, 0.3) is 11.3 Å². The van der Waals surface area contributed by atoms with Crippen LogP contribution in [0.3, 0.4) is 0 Å². The molecule has 2 atom stereocenters. The molecule has 1 saturated heterocycles. The van der Waals surface area contributed by atoms with Crippen molar-refractivity contribution in [3.8, 4) is 11.3 Å². The van der Waals surface area contributed by atoms with Gasteiger partial charge in [-0.15, -0.1) is 0 Å². The second-order valence-electron chi connectivity index (χ2n) is 6.26. The lowest BCUT2D eigenvalue weighted by Gasteiger charge is -2.19. The van der Waals surface area contributed by atoms with Crippen molar-refractivity contribution in [2.45, 2.75) is 12.5 Å². The summed E-state index contributed by atoms with van der Waals surface area (Å²) in [7, 11) is 1.96. The molecular weight excluding hydrogens is 314 g/mol. The quantitative estimate of drug-likeness (QED) is 0.776. The molecule has 0 radical (unpaired) electrons. The van der Waals surface area contributed by atoms with E-state index in [4.69, 9.17) is 4.74 Å². The maximum absolute atomic E-state index is 5.94. The average Bonchev–Trinajstić information content (AvgIpc) is 3.29. The average molecular weight is 335 g/mol. The second kappa shape index (κ2) is 7.03. The van der Waals surface area contributed by atoms with E-state index in [1.54, 1.807) is 6.33 Å². The lowest BCUT2D eigenvalue weighted by molar-refractivity contribution is 0.0866. The maximum Gasteiger partial charge on any atom is 0.129 e. The molecular formula is C19H21N5O. The fourth-order valence-corrected chi connectivity index (χ4v) is 3.29. The van der Waals surface area contributed by atoms with Gasteiger partial charge in [0.25, 0.3) is 0 Å². The van der Waals surface area contributed by atoms with Crippen LogP contribution in [-0.4, -0.2) is 32.9 Å². The van der Waals surface area contributed by atoms with E-state index in [-0.39, 0.29) is 6.10 Å². The first-order valence-electron chi connectivity index (χ1n) is 8.52. The fourth-order valence-electron chi connectivity index (χ4n) is 3.29. The Morgan fingerprint density at radius 3 is 2.88 bits per heavy atom. The molecule has 0 amide bonds. The Morgan fingerprint density at radius 2 is 2.08 bits per heavy atom. The molecule has 1 N–H and O–H groups in total. The number of ether oxygens (including phenoxy) is 1. The molecule has 3 heterocycles. The first-order chi connectivity index (χ1) is 12.3. The molecule has 0 bridgehead atoms. The molecule has 1 aromatic carbocycles. The molecule has 4 rings (SSSR count). The number of hydrogen-bond acceptors (Lipinski definition) is 5. The monoisotopic (exact) mass is 335 g/mol. The molecule has 6 nitrogen and oxygen atoms in total. The minimum Gasteiger partial charge on any atom is -0.372 e. The smallest absolute Gasteiger partial charge is 0.129 e. The lowest BCUT2D eigenvalue weighted by Crippen LogP contribution is -2.20. The topological polar surface area (TPSA) is 64.9 Å². The van der Waals surface area contributed by atoms with Gasteiger partial charge in [0.1, 0.15) is 18.2 Å². The highest BCUT2D eigenvalue weighted by molar-refractivity contribution is 5.61. The summed E-state index contributed by atoms with van der Waals surface area (Å²) in [4.78, 5) is 8.72. The van der Waals surface area contributed by atoms with Gasteiger partial charge >= 0.3 is 0 Å². The summed E-state index contributed by atoms with van der Waals surface area (Å²) in [5.74, 6) is 1.23. The molecule has 3 aromatic rings. The van der Waals surface area contributed by atoms with Crippen molar-refractivity contribution >= 4 is 5.82 Å². The molecule has 0 spiro atoms. The third-order valence-corrected chi connectivity index (χ3v) is 4.65. The molecule has 25 heavy (non-hydrogen) atoms. The molecule has 0 unspecified atom stereocenters. The summed E-state index contributed by atoms with van der Waals surface area (Å²) < 4.78 is 7.83. The zero-order valence-electron chi connectivity index (χ0n) is 14.2. The molecule has 6 heteroatoms. The molecule has 1 aliphatic heterocycles. The van der Waals surface area contributed by atoms with Crippen LogP contribution >= 0.6 is 0 Å². The zero-order chi connectivity index (χ0) is 17.1. The lowest BCUT2D eigenvalue weighted by atomic mass is 9.99. The number of aryl methyl sites for hydroxylation is 1. The normalized spacial score (nSPS) is 19.9. The molecule has 2 aromatic heterocycles. The Morgan fingerprint density at radius 1 is 1.20 bits per heavy atom. The van der Waals surface area contributed by atoms with Crippen molar-refractivity contribution < 1.29 is 4.74 Å². The third-order valence-electron chi connectivity index (χ3n) is 4.65. The molecule has 1 aliphatic rings. The molecule has 0 saturated carbocycles. The van der Waals surface area contributed by atoms with Gasteiger partial charge in [0.2, 0.25) is 0 Å². The van der Waals surface area contributed by atoms with E-state index in [9.17, 15) is 0 Å². The number of nitrogens with zero attached hydrogens (tertiary/aromatic N) is 4. The summed E-state index contributed by atoms with van der Waals surface area (Å²) >= 11 is 0. The van der Waals surface area contributed by atoms with Crippen LogP contribution in [0, 0.1) is 5.92 Å². The van der Waals surface area contributed by atoms with Crippen LogP contribution in [0.4, 0.5) is 5.82 Å². The number of benzene rings is 1. The van der Waals surface area contributed by atoms with Gasteiger partial charge in [0, 0.05) is 43.9 Å². The van der Waals surface area contributed by atoms with Crippen molar-refractivity contribution in [3.05, 3.63) is 60.7 Å². The molecule has 1 fully saturated rings. The molecule has 0 aliphatic carbocycles. The highest BCUT2D eigenvalue weighted by Crippen LogP contribution is 2.34. The summed E-state index contributed by atoms with van der Waals surface area (Å²) in [6.07, 6.45) is 4.53. The van der Waals surface area contributed by atoms with Gasteiger partial charge in [-0.3, -0.25) is 4.68 Å². The first-order valence-corrected chi connectivity index (χ1v) is 8.52. The van der Waals surface area contributed by atoms with Gasteiger partial charge < -0.3 is 10.1 Å². The number of rotatable bonds is 5. The molecule has 128 valence electrons. The zero-order valence-corrected chi connectivity index (χ0v) is 14.2. The summed E-state index contributed by atoms with van der Waals surface area (Å²) in [6.45, 7) is 1.59. The van der Waals surface area contributed by atoms with Gasteiger partial charge in [-0.25, -0.2) is 9.97 Å². The highest BCUT2D eigenvalue weighted by atomic mass is 16.5. The standard InChI is InChI=1S/C19H21N5O/c1-24-17(7-9-23-24)19-15(8-10-25-19)12-20-18-11-16(21-13-22-18)14-5-3-2-4-6-14/h2-7,9,11,13,15,19H,8,10,12H2,1H3,(H,20,21,22)/t15-,19+/m0/s1. The van der Waals surface area contributed by atoms with Crippen molar-refractivity contribution in [2.24, 2.45) is 13.0 Å². The van der Waals surface area contributed by atoms with E-state index in [1.807, 2.05) is 48.3 Å². The van der Waals surface area contributed by atoms with Gasteiger partial charge in [-0.05, 0) is 12.5 Å². The number of hydrogen-bond donors (Lipinski definition) is 1. The fraction of sp³-hybridized carbons (Fsp3) is 0.316. The van der Waals surface area contributed by atoms with Crippen molar-refractivity contribution in [1.82, 2.24) is 19.7 Å². The maximum atomic E-state index is 5.94. The number of aromatic nitrogens is 4. The Balaban J connectivity index is 1.45. The summed E-state index contributed by atoms with van der Waals surface area (Å²) in [6, 6.07) is 14.1. The minimum atomic E-state index is 0.0791. The van der Waals surface area contributed by atoms with E-state index in [0.717, 1.165) is 42.3 Å². The Labute approximate surface area is 146 Å². The van der Waals surface area contributed by atoms with Crippen LogP contribution in [0.15, 0.2) is 55.0 Å². The van der Waals surface area contributed by atoms with E-state index >= 15 is 0 Å². The number of anilines is 1. The van der Waals surface area contributed by atoms with Crippen molar-refractivity contribution in [1.29, 1.82) is 0 Å². The predicted molar refractivity (Wildman–Crippen MR) is 96.0 cm³/mol. The van der Waals surface area contributed by atoms with Gasteiger partial charge in [0.05, 0.1) is 11.4 Å². The minimum absolute atomic E-state index is 0.0791. The van der Waals surface area contributed by atoms with Crippen LogP contribution in [0.1, 0.15) is 18.2 Å². The van der Waals surface area contributed by atoms with Crippen LogP contribution < -0.4 is 5.32 Å².